The van der Waals surface area contributed by atoms with Crippen LogP contribution in [-0.2, 0) is 11.2 Å². The number of nitrogens with one attached hydrogen (secondary N) is 3. The van der Waals surface area contributed by atoms with E-state index in [2.05, 4.69) is 16.0 Å². The van der Waals surface area contributed by atoms with E-state index >= 15 is 0 Å². The average molecular weight is 372 g/mol. The number of likely N-dealkylation sites (N-methyl/N-ethyl adjacent to an activating group) is 1. The van der Waals surface area contributed by atoms with E-state index in [0.717, 1.165) is 5.56 Å². The van der Waals surface area contributed by atoms with Crippen molar-refractivity contribution >= 4 is 40.5 Å². The fourth-order valence-electron chi connectivity index (χ4n) is 2.08. The van der Waals surface area contributed by atoms with Crippen LogP contribution in [-0.4, -0.2) is 28.9 Å². The first-order valence-electron chi connectivity index (χ1n) is 7.55. The van der Waals surface area contributed by atoms with Crippen LogP contribution in [0.5, 0.6) is 0 Å². The number of thiocarbonyl (C=S) groups is 1. The summed E-state index contributed by atoms with van der Waals surface area (Å²) < 4.78 is 0. The molecule has 0 aliphatic heterocycles. The van der Waals surface area contributed by atoms with Crippen LogP contribution in [0.1, 0.15) is 15.9 Å². The van der Waals surface area contributed by atoms with Crippen LogP contribution in [0.15, 0.2) is 48.5 Å². The number of non-ortho nitro benzene ring substituents is 1. The van der Waals surface area contributed by atoms with Gasteiger partial charge in [0, 0.05) is 30.4 Å². The molecule has 0 spiro atoms. The molecule has 2 aromatic rings. The van der Waals surface area contributed by atoms with Crippen LogP contribution < -0.4 is 16.0 Å². The lowest BCUT2D eigenvalue weighted by Crippen LogP contribution is -2.34. The van der Waals surface area contributed by atoms with Gasteiger partial charge >= 0.3 is 0 Å². The third kappa shape index (κ3) is 5.35. The maximum atomic E-state index is 12.1. The Labute approximate surface area is 154 Å². The predicted molar refractivity (Wildman–Crippen MR) is 101 cm³/mol. The molecule has 0 unspecified atom stereocenters. The van der Waals surface area contributed by atoms with Crippen LogP contribution in [0.3, 0.4) is 0 Å². The summed E-state index contributed by atoms with van der Waals surface area (Å²) in [5, 5.41) is 18.7. The first kappa shape index (κ1) is 19.0. The van der Waals surface area contributed by atoms with E-state index in [0.29, 0.717) is 5.69 Å². The number of nitrogens with zero attached hydrogens (tertiary/aromatic N) is 1. The van der Waals surface area contributed by atoms with Crippen molar-refractivity contribution in [2.75, 3.05) is 12.4 Å². The molecule has 0 fully saturated rings. The number of nitro groups is 1. The van der Waals surface area contributed by atoms with Crippen LogP contribution >= 0.6 is 12.2 Å². The average Bonchev–Trinajstić information content (AvgIpc) is 2.63. The molecule has 0 atom stereocenters. The molecule has 0 aromatic heterocycles. The smallest absolute Gasteiger partial charge is 0.270 e. The number of anilines is 1. The highest BCUT2D eigenvalue weighted by molar-refractivity contribution is 7.80. The number of hydrogen-bond donors (Lipinski definition) is 3. The molecule has 0 bridgehead atoms. The minimum atomic E-state index is -0.576. The van der Waals surface area contributed by atoms with Gasteiger partial charge in [-0.25, -0.2) is 0 Å². The normalized spacial score (nSPS) is 9.88. The van der Waals surface area contributed by atoms with Gasteiger partial charge < -0.3 is 10.6 Å². The molecule has 8 nitrogen and oxygen atoms in total. The third-order valence-electron chi connectivity index (χ3n) is 3.40. The summed E-state index contributed by atoms with van der Waals surface area (Å²) in [6.07, 6.45) is 0.269. The lowest BCUT2D eigenvalue weighted by Gasteiger charge is -2.10. The Bertz CT molecular complexity index is 852. The second-order valence-electron chi connectivity index (χ2n) is 5.26. The largest absolute Gasteiger partial charge is 0.359 e. The monoisotopic (exact) mass is 372 g/mol. The van der Waals surface area contributed by atoms with Crippen molar-refractivity contribution < 1.29 is 14.5 Å². The van der Waals surface area contributed by atoms with Crippen molar-refractivity contribution in [1.82, 2.24) is 10.6 Å². The second kappa shape index (κ2) is 8.67. The zero-order valence-electron chi connectivity index (χ0n) is 13.8. The summed E-state index contributed by atoms with van der Waals surface area (Å²) in [7, 11) is 1.57. The molecular formula is C17H16N4O4S. The zero-order valence-corrected chi connectivity index (χ0v) is 14.6. The topological polar surface area (TPSA) is 113 Å². The number of amides is 2. The van der Waals surface area contributed by atoms with E-state index in [1.165, 1.54) is 24.3 Å². The number of nitro benzene ring substituents is 1. The fourth-order valence-corrected chi connectivity index (χ4v) is 2.29. The highest BCUT2D eigenvalue weighted by atomic mass is 32.1. The summed E-state index contributed by atoms with van der Waals surface area (Å²) in [6, 6.07) is 12.3. The van der Waals surface area contributed by atoms with Gasteiger partial charge in [0.2, 0.25) is 5.91 Å². The highest BCUT2D eigenvalue weighted by Crippen LogP contribution is 2.13. The van der Waals surface area contributed by atoms with Gasteiger partial charge in [-0.1, -0.05) is 18.2 Å². The predicted octanol–water partition coefficient (Wildman–Crippen LogP) is 2.01. The van der Waals surface area contributed by atoms with Gasteiger partial charge in [0.15, 0.2) is 5.11 Å². The Hall–Kier alpha value is -3.33. The van der Waals surface area contributed by atoms with E-state index in [4.69, 9.17) is 12.2 Å². The number of carbonyl (C=O) groups is 2. The third-order valence-corrected chi connectivity index (χ3v) is 3.61. The number of benzene rings is 2. The zero-order chi connectivity index (χ0) is 19.1. The van der Waals surface area contributed by atoms with Crippen LogP contribution in [0.2, 0.25) is 0 Å². The van der Waals surface area contributed by atoms with Gasteiger partial charge in [-0.05, 0) is 36.0 Å². The maximum absolute atomic E-state index is 12.1. The Morgan fingerprint density at radius 2 is 1.85 bits per heavy atom. The first-order chi connectivity index (χ1) is 12.4. The Kier molecular flexibility index (Phi) is 6.34. The lowest BCUT2D eigenvalue weighted by atomic mass is 10.1. The molecule has 0 heterocycles. The number of hydrogen-bond acceptors (Lipinski definition) is 5. The van der Waals surface area contributed by atoms with E-state index in [9.17, 15) is 19.7 Å². The standard InChI is InChI=1S/C17H16N4O4S/c1-18-15(22)9-11-5-7-13(8-6-11)19-17(26)20-16(23)12-3-2-4-14(10-12)21(24)25/h2-8,10H,9H2,1H3,(H,18,22)(H2,19,20,23,26). The summed E-state index contributed by atoms with van der Waals surface area (Å²) in [5.41, 5.74) is 1.42. The van der Waals surface area contributed by atoms with Gasteiger partial charge in [-0.3, -0.25) is 25.0 Å². The van der Waals surface area contributed by atoms with Gasteiger partial charge in [-0.2, -0.15) is 0 Å². The van der Waals surface area contributed by atoms with Gasteiger partial charge in [0.05, 0.1) is 11.3 Å². The maximum Gasteiger partial charge on any atom is 0.270 e. The minimum Gasteiger partial charge on any atom is -0.359 e. The van der Waals surface area contributed by atoms with Gasteiger partial charge in [0.1, 0.15) is 0 Å². The van der Waals surface area contributed by atoms with E-state index in [-0.39, 0.29) is 28.7 Å². The Balaban J connectivity index is 1.95. The van der Waals surface area contributed by atoms with E-state index in [1.807, 2.05) is 0 Å². The molecule has 0 aliphatic rings. The lowest BCUT2D eigenvalue weighted by molar-refractivity contribution is -0.384. The molecule has 2 aromatic carbocycles. The van der Waals surface area contributed by atoms with Gasteiger partial charge in [0.25, 0.3) is 11.6 Å². The summed E-state index contributed by atoms with van der Waals surface area (Å²) in [4.78, 5) is 33.6. The Morgan fingerprint density at radius 3 is 2.46 bits per heavy atom. The minimum absolute atomic E-state index is 0.0561. The molecule has 3 N–H and O–H groups in total. The molecule has 0 saturated heterocycles. The van der Waals surface area contributed by atoms with Gasteiger partial charge in [-0.15, -0.1) is 0 Å². The molecule has 26 heavy (non-hydrogen) atoms. The summed E-state index contributed by atoms with van der Waals surface area (Å²) >= 11 is 5.08. The van der Waals surface area contributed by atoms with Crippen molar-refractivity contribution in [3.05, 3.63) is 69.8 Å². The van der Waals surface area contributed by atoms with Crippen molar-refractivity contribution in [2.45, 2.75) is 6.42 Å². The highest BCUT2D eigenvalue weighted by Gasteiger charge is 2.12. The molecule has 9 heteroatoms. The first-order valence-corrected chi connectivity index (χ1v) is 7.96. The molecule has 0 aliphatic carbocycles. The molecule has 0 radical (unpaired) electrons. The second-order valence-corrected chi connectivity index (χ2v) is 5.67. The quantitative estimate of drug-likeness (QED) is 0.420. The summed E-state index contributed by atoms with van der Waals surface area (Å²) in [6.45, 7) is 0. The summed E-state index contributed by atoms with van der Waals surface area (Å²) in [5.74, 6) is -0.645. The van der Waals surface area contributed by atoms with Crippen molar-refractivity contribution in [2.24, 2.45) is 0 Å². The number of rotatable bonds is 5. The Morgan fingerprint density at radius 1 is 1.15 bits per heavy atom. The van der Waals surface area contributed by atoms with Crippen molar-refractivity contribution in [1.29, 1.82) is 0 Å². The molecule has 134 valence electrons. The van der Waals surface area contributed by atoms with E-state index < -0.39 is 10.8 Å². The molecule has 2 rings (SSSR count). The molecular weight excluding hydrogens is 356 g/mol. The fraction of sp³-hybridized carbons (Fsp3) is 0.118. The van der Waals surface area contributed by atoms with Crippen LogP contribution in [0, 0.1) is 10.1 Å². The van der Waals surface area contributed by atoms with Crippen molar-refractivity contribution in [3.63, 3.8) is 0 Å². The van der Waals surface area contributed by atoms with Crippen LogP contribution in [0.25, 0.3) is 0 Å². The van der Waals surface area contributed by atoms with E-state index in [1.54, 1.807) is 31.3 Å². The molecule has 2 amide bonds. The number of carbonyl (C=O) groups excluding carboxylic acids is 2. The molecule has 0 saturated carbocycles. The van der Waals surface area contributed by atoms with Crippen molar-refractivity contribution in [3.8, 4) is 0 Å². The SMILES string of the molecule is CNC(=O)Cc1ccc(NC(=S)NC(=O)c2cccc([N+](=O)[O-])c2)cc1. The van der Waals surface area contributed by atoms with Crippen LogP contribution in [0.4, 0.5) is 11.4 Å².